The first-order valence-electron chi connectivity index (χ1n) is 37.6. The molecule has 0 radical (unpaired) electrons. The van der Waals surface area contributed by atoms with E-state index in [1.54, 1.807) is 6.08 Å². The molecule has 92 heavy (non-hydrogen) atoms. The SMILES string of the molecule is CCCCCCCCCCC/C=C/CC/C=C/C(O)C(COC1OC(CO)C(OC2OC(CO)C(OC3OC(CO)C(O)C(O)C3O)C(O)C2O)C(O)C1O)NC(=O)CCCCCCCCCCCCCCCCCCCCCCCCCCCCCCCCCC. The lowest BCUT2D eigenvalue weighted by molar-refractivity contribution is -0.379. The van der Waals surface area contributed by atoms with Crippen molar-refractivity contribution in [3.63, 3.8) is 0 Å². The minimum absolute atomic E-state index is 0.241. The van der Waals surface area contributed by atoms with E-state index in [0.717, 1.165) is 38.5 Å². The lowest BCUT2D eigenvalue weighted by atomic mass is 9.96. The molecule has 3 saturated heterocycles. The molecule has 12 N–H and O–H groups in total. The number of ether oxygens (including phenoxy) is 6. The van der Waals surface area contributed by atoms with Crippen molar-refractivity contribution in [2.24, 2.45) is 0 Å². The number of hydrogen-bond donors (Lipinski definition) is 12. The van der Waals surface area contributed by atoms with E-state index in [0.29, 0.717) is 12.8 Å². The van der Waals surface area contributed by atoms with Crippen LogP contribution in [0.1, 0.15) is 303 Å². The summed E-state index contributed by atoms with van der Waals surface area (Å²) in [6.07, 6.45) is 37.6. The molecule has 3 aliphatic rings. The van der Waals surface area contributed by atoms with Gasteiger partial charge in [0.1, 0.15) is 73.2 Å². The van der Waals surface area contributed by atoms with E-state index in [9.17, 15) is 61.0 Å². The van der Waals surface area contributed by atoms with Gasteiger partial charge in [0.25, 0.3) is 0 Å². The van der Waals surface area contributed by atoms with Gasteiger partial charge in [-0.05, 0) is 32.1 Å². The van der Waals surface area contributed by atoms with E-state index in [2.05, 4.69) is 31.3 Å². The third-order valence-corrected chi connectivity index (χ3v) is 19.0. The molecular formula is C73H137NO18. The second-order valence-corrected chi connectivity index (χ2v) is 27.1. The Bertz CT molecular complexity index is 1760. The summed E-state index contributed by atoms with van der Waals surface area (Å²) in [6.45, 7) is 1.74. The number of aliphatic hydroxyl groups excluding tert-OH is 11. The van der Waals surface area contributed by atoms with Gasteiger partial charge in [0.15, 0.2) is 18.9 Å². The monoisotopic (exact) mass is 1320 g/mol. The topological polar surface area (TPSA) is 307 Å². The molecule has 3 fully saturated rings. The van der Waals surface area contributed by atoms with E-state index in [-0.39, 0.29) is 18.9 Å². The number of unbranched alkanes of at least 4 members (excludes halogenated alkanes) is 41. The molecule has 0 aromatic heterocycles. The standard InChI is InChI=1S/C73H137NO18/c1-3-5-7-9-11-13-15-17-19-20-21-22-23-24-25-26-27-28-29-30-31-32-33-34-35-37-39-41-43-45-47-49-51-61(79)74-56(57(78)50-48-46-44-42-40-38-36-18-16-14-12-10-8-6-4-2)55-87-71-67(85)64(82)69(59(53-76)89-71)92-73-68(86)65(83)70(60(54-77)90-73)91-72-66(84)63(81)62(80)58(52-75)88-72/h40,42,48,50,56-60,62-73,75-78,80-86H,3-39,41,43-47,49,51-55H2,1-2H3,(H,74,79)/b42-40+,50-48+. The van der Waals surface area contributed by atoms with Crippen LogP contribution in [0.15, 0.2) is 24.3 Å². The number of amides is 1. The number of carbonyl (C=O) groups excluding carboxylic acids is 1. The van der Waals surface area contributed by atoms with Crippen LogP contribution in [0.4, 0.5) is 0 Å². The number of aliphatic hydroxyl groups is 11. The third kappa shape index (κ3) is 36.2. The second kappa shape index (κ2) is 55.2. The second-order valence-electron chi connectivity index (χ2n) is 27.1. The summed E-state index contributed by atoms with van der Waals surface area (Å²) in [5.74, 6) is -0.280. The van der Waals surface area contributed by atoms with Gasteiger partial charge in [-0.15, -0.1) is 0 Å². The Balaban J connectivity index is 1.35. The summed E-state index contributed by atoms with van der Waals surface area (Å²) in [6, 6.07) is -0.987. The highest BCUT2D eigenvalue weighted by molar-refractivity contribution is 5.76. The van der Waals surface area contributed by atoms with Crippen LogP contribution in [0.3, 0.4) is 0 Å². The van der Waals surface area contributed by atoms with Crippen molar-refractivity contribution in [1.29, 1.82) is 0 Å². The lowest BCUT2D eigenvalue weighted by Crippen LogP contribution is -2.66. The van der Waals surface area contributed by atoms with Crippen molar-refractivity contribution in [3.8, 4) is 0 Å². The molecule has 0 aromatic carbocycles. The number of rotatable bonds is 59. The quantitative estimate of drug-likeness (QED) is 0.0199. The van der Waals surface area contributed by atoms with Gasteiger partial charge < -0.3 is 89.9 Å². The summed E-state index contributed by atoms with van der Waals surface area (Å²) in [5, 5.41) is 121. The van der Waals surface area contributed by atoms with Crippen LogP contribution >= 0.6 is 0 Å². The molecule has 19 nitrogen and oxygen atoms in total. The molecule has 3 heterocycles. The fourth-order valence-corrected chi connectivity index (χ4v) is 12.9. The largest absolute Gasteiger partial charge is 0.394 e. The van der Waals surface area contributed by atoms with Crippen molar-refractivity contribution >= 4 is 5.91 Å². The average molecular weight is 1320 g/mol. The zero-order chi connectivity index (χ0) is 66.8. The zero-order valence-corrected chi connectivity index (χ0v) is 57.5. The maximum Gasteiger partial charge on any atom is 0.220 e. The highest BCUT2D eigenvalue weighted by Gasteiger charge is 2.53. The van der Waals surface area contributed by atoms with Crippen molar-refractivity contribution < 1.29 is 89.4 Å². The normalized spacial score (nSPS) is 27.8. The van der Waals surface area contributed by atoms with Crippen LogP contribution in [-0.4, -0.2) is 193 Å². The van der Waals surface area contributed by atoms with Crippen LogP contribution in [0.2, 0.25) is 0 Å². The van der Waals surface area contributed by atoms with Gasteiger partial charge in [-0.3, -0.25) is 4.79 Å². The summed E-state index contributed by atoms with van der Waals surface area (Å²) >= 11 is 0. The van der Waals surface area contributed by atoms with Gasteiger partial charge in [-0.2, -0.15) is 0 Å². The van der Waals surface area contributed by atoms with Gasteiger partial charge >= 0.3 is 0 Å². The van der Waals surface area contributed by atoms with Gasteiger partial charge in [0.05, 0.1) is 38.6 Å². The van der Waals surface area contributed by atoms with Crippen molar-refractivity contribution in [3.05, 3.63) is 24.3 Å². The van der Waals surface area contributed by atoms with Crippen LogP contribution in [-0.2, 0) is 33.2 Å². The zero-order valence-electron chi connectivity index (χ0n) is 57.5. The fraction of sp³-hybridized carbons (Fsp3) is 0.932. The van der Waals surface area contributed by atoms with Crippen molar-refractivity contribution in [2.45, 2.75) is 407 Å². The van der Waals surface area contributed by atoms with Crippen LogP contribution in [0.5, 0.6) is 0 Å². The highest BCUT2D eigenvalue weighted by atomic mass is 16.8. The van der Waals surface area contributed by atoms with Gasteiger partial charge in [0.2, 0.25) is 5.91 Å². The number of nitrogens with one attached hydrogen (secondary N) is 1. The molecule has 17 atom stereocenters. The predicted octanol–water partition coefficient (Wildman–Crippen LogP) is 11.0. The van der Waals surface area contributed by atoms with Gasteiger partial charge in [-0.1, -0.05) is 289 Å². The first kappa shape index (κ1) is 84.5. The Morgan fingerprint density at radius 2 is 0.696 bits per heavy atom. The summed E-state index contributed by atoms with van der Waals surface area (Å²) in [5.41, 5.74) is 0. The molecule has 1 amide bonds. The number of allylic oxidation sites excluding steroid dienone is 3. The Hall–Kier alpha value is -1.73. The van der Waals surface area contributed by atoms with E-state index >= 15 is 0 Å². The minimum atomic E-state index is -1.98. The van der Waals surface area contributed by atoms with Crippen LogP contribution < -0.4 is 5.32 Å². The van der Waals surface area contributed by atoms with Crippen LogP contribution in [0.25, 0.3) is 0 Å². The maximum absolute atomic E-state index is 13.4. The summed E-state index contributed by atoms with van der Waals surface area (Å²) < 4.78 is 34.3. The van der Waals surface area contributed by atoms with Gasteiger partial charge in [-0.25, -0.2) is 0 Å². The number of hydrogen-bond acceptors (Lipinski definition) is 18. The van der Waals surface area contributed by atoms with Crippen LogP contribution in [0, 0.1) is 0 Å². The van der Waals surface area contributed by atoms with Gasteiger partial charge in [0, 0.05) is 6.42 Å². The van der Waals surface area contributed by atoms with E-state index in [1.165, 1.54) is 231 Å². The molecule has 3 aliphatic heterocycles. The molecule has 0 bridgehead atoms. The third-order valence-electron chi connectivity index (χ3n) is 19.0. The Morgan fingerprint density at radius 3 is 1.09 bits per heavy atom. The lowest BCUT2D eigenvalue weighted by Gasteiger charge is -2.48. The fourth-order valence-electron chi connectivity index (χ4n) is 12.9. The predicted molar refractivity (Wildman–Crippen MR) is 360 cm³/mol. The molecule has 17 unspecified atom stereocenters. The molecule has 0 aromatic rings. The molecule has 0 saturated carbocycles. The highest BCUT2D eigenvalue weighted by Crippen LogP contribution is 2.33. The van der Waals surface area contributed by atoms with E-state index in [1.807, 2.05) is 6.08 Å². The van der Waals surface area contributed by atoms with E-state index < -0.39 is 124 Å². The first-order valence-corrected chi connectivity index (χ1v) is 37.6. The molecule has 542 valence electrons. The molecular weight excluding hydrogens is 1180 g/mol. The Morgan fingerprint density at radius 1 is 0.380 bits per heavy atom. The summed E-state index contributed by atoms with van der Waals surface area (Å²) in [4.78, 5) is 13.4. The first-order chi connectivity index (χ1) is 44.8. The molecule has 3 rings (SSSR count). The average Bonchev–Trinajstić information content (AvgIpc) is 0.854. The van der Waals surface area contributed by atoms with Crippen molar-refractivity contribution in [2.75, 3.05) is 26.4 Å². The Labute approximate surface area is 556 Å². The number of carbonyl (C=O) groups is 1. The molecule has 19 heteroatoms. The summed E-state index contributed by atoms with van der Waals surface area (Å²) in [7, 11) is 0. The van der Waals surface area contributed by atoms with E-state index in [4.69, 9.17) is 28.4 Å². The maximum atomic E-state index is 13.4. The molecule has 0 aliphatic carbocycles. The van der Waals surface area contributed by atoms with Crippen molar-refractivity contribution in [1.82, 2.24) is 5.32 Å². The molecule has 0 spiro atoms. The minimum Gasteiger partial charge on any atom is -0.394 e. The Kier molecular flexibility index (Phi) is 50.7. The smallest absolute Gasteiger partial charge is 0.220 e.